The van der Waals surface area contributed by atoms with E-state index in [1.54, 1.807) is 4.68 Å². The van der Waals surface area contributed by atoms with Crippen LogP contribution in [0, 0.1) is 6.92 Å². The van der Waals surface area contributed by atoms with Gasteiger partial charge in [0.1, 0.15) is 0 Å². The number of rotatable bonds is 4. The SMILES string of the molecule is Cc1nn(C)cc1-c1cc(C(=O)NCC2CCCO2)c2ccccc2n1. The molecule has 1 unspecified atom stereocenters. The lowest BCUT2D eigenvalue weighted by Gasteiger charge is -2.13. The summed E-state index contributed by atoms with van der Waals surface area (Å²) in [6, 6.07) is 9.58. The number of aromatic nitrogens is 3. The first-order valence-electron chi connectivity index (χ1n) is 8.92. The fourth-order valence-corrected chi connectivity index (χ4v) is 3.46. The summed E-state index contributed by atoms with van der Waals surface area (Å²) in [5.74, 6) is -0.0955. The van der Waals surface area contributed by atoms with Gasteiger partial charge in [-0.2, -0.15) is 5.10 Å². The van der Waals surface area contributed by atoms with Gasteiger partial charge < -0.3 is 10.1 Å². The van der Waals surface area contributed by atoms with Crippen LogP contribution < -0.4 is 5.32 Å². The molecule has 26 heavy (non-hydrogen) atoms. The molecule has 0 radical (unpaired) electrons. The highest BCUT2D eigenvalue weighted by atomic mass is 16.5. The van der Waals surface area contributed by atoms with Gasteiger partial charge in [-0.1, -0.05) is 18.2 Å². The summed E-state index contributed by atoms with van der Waals surface area (Å²) in [7, 11) is 1.88. The number of nitrogens with one attached hydrogen (secondary N) is 1. The molecule has 1 aliphatic rings. The van der Waals surface area contributed by atoms with Gasteiger partial charge in [0.05, 0.1) is 28.6 Å². The van der Waals surface area contributed by atoms with Gasteiger partial charge in [-0.05, 0) is 31.9 Å². The second-order valence-electron chi connectivity index (χ2n) is 6.72. The molecule has 1 atom stereocenters. The van der Waals surface area contributed by atoms with E-state index in [1.165, 1.54) is 0 Å². The second-order valence-corrected chi connectivity index (χ2v) is 6.72. The van der Waals surface area contributed by atoms with E-state index in [2.05, 4.69) is 10.4 Å². The minimum Gasteiger partial charge on any atom is -0.376 e. The number of carbonyl (C=O) groups excluding carboxylic acids is 1. The van der Waals surface area contributed by atoms with Crippen LogP contribution in [0.4, 0.5) is 0 Å². The zero-order valence-corrected chi connectivity index (χ0v) is 15.0. The van der Waals surface area contributed by atoms with Crippen molar-refractivity contribution in [3.8, 4) is 11.3 Å². The molecule has 0 spiro atoms. The number of benzene rings is 1. The fourth-order valence-electron chi connectivity index (χ4n) is 3.46. The molecule has 2 aromatic heterocycles. The summed E-state index contributed by atoms with van der Waals surface area (Å²) in [5, 5.41) is 8.26. The van der Waals surface area contributed by atoms with Crippen molar-refractivity contribution in [1.29, 1.82) is 0 Å². The number of aryl methyl sites for hydroxylation is 2. The first kappa shape index (κ1) is 16.7. The lowest BCUT2D eigenvalue weighted by atomic mass is 10.0. The van der Waals surface area contributed by atoms with Crippen LogP contribution in [0.25, 0.3) is 22.2 Å². The van der Waals surface area contributed by atoms with Crippen LogP contribution in [0.5, 0.6) is 0 Å². The van der Waals surface area contributed by atoms with Crippen LogP contribution in [-0.4, -0.2) is 39.9 Å². The summed E-state index contributed by atoms with van der Waals surface area (Å²) in [5.41, 5.74) is 4.02. The molecule has 1 aliphatic heterocycles. The molecule has 3 aromatic rings. The molecule has 0 saturated carbocycles. The fraction of sp³-hybridized carbons (Fsp3) is 0.350. The summed E-state index contributed by atoms with van der Waals surface area (Å²) >= 11 is 0. The highest BCUT2D eigenvalue weighted by molar-refractivity contribution is 6.07. The average molecular weight is 350 g/mol. The van der Waals surface area contributed by atoms with Crippen LogP contribution in [-0.2, 0) is 11.8 Å². The third kappa shape index (κ3) is 3.20. The Hall–Kier alpha value is -2.73. The predicted octanol–water partition coefficient (Wildman–Crippen LogP) is 2.85. The largest absolute Gasteiger partial charge is 0.376 e. The van der Waals surface area contributed by atoms with Crippen molar-refractivity contribution in [2.75, 3.05) is 13.2 Å². The first-order valence-corrected chi connectivity index (χ1v) is 8.92. The Morgan fingerprint density at radius 2 is 2.23 bits per heavy atom. The third-order valence-corrected chi connectivity index (χ3v) is 4.76. The van der Waals surface area contributed by atoms with Crippen molar-refractivity contribution in [3.63, 3.8) is 0 Å². The molecule has 1 N–H and O–H groups in total. The summed E-state index contributed by atoms with van der Waals surface area (Å²) < 4.78 is 7.36. The van der Waals surface area contributed by atoms with Crippen molar-refractivity contribution in [2.24, 2.45) is 7.05 Å². The Kier molecular flexibility index (Phi) is 4.42. The Bertz CT molecular complexity index is 958. The van der Waals surface area contributed by atoms with E-state index in [0.29, 0.717) is 12.1 Å². The standard InChI is InChI=1S/C20H22N4O2/c1-13-17(12-24(2)23-13)19-10-16(15-7-3-4-8-18(15)22-19)20(25)21-11-14-6-5-9-26-14/h3-4,7-8,10,12,14H,5-6,9,11H2,1-2H3,(H,21,25). The number of fused-ring (bicyclic) bond motifs is 1. The molecule has 6 nitrogen and oxygen atoms in total. The summed E-state index contributed by atoms with van der Waals surface area (Å²) in [6.45, 7) is 3.27. The summed E-state index contributed by atoms with van der Waals surface area (Å²) in [4.78, 5) is 17.6. The molecular formula is C20H22N4O2. The van der Waals surface area contributed by atoms with Gasteiger partial charge in [0, 0.05) is 37.3 Å². The molecule has 3 heterocycles. The highest BCUT2D eigenvalue weighted by Crippen LogP contribution is 2.26. The summed E-state index contributed by atoms with van der Waals surface area (Å²) in [6.07, 6.45) is 4.10. The van der Waals surface area contributed by atoms with Crippen molar-refractivity contribution in [2.45, 2.75) is 25.9 Å². The molecule has 4 rings (SSSR count). The average Bonchev–Trinajstić information content (AvgIpc) is 3.28. The maximum Gasteiger partial charge on any atom is 0.252 e. The van der Waals surface area contributed by atoms with Gasteiger partial charge in [-0.15, -0.1) is 0 Å². The smallest absolute Gasteiger partial charge is 0.252 e. The number of ether oxygens (including phenoxy) is 1. The maximum absolute atomic E-state index is 12.9. The number of amides is 1. The lowest BCUT2D eigenvalue weighted by Crippen LogP contribution is -2.31. The Morgan fingerprint density at radius 1 is 1.38 bits per heavy atom. The molecular weight excluding hydrogens is 328 g/mol. The topological polar surface area (TPSA) is 69.0 Å². The van der Waals surface area contributed by atoms with E-state index in [0.717, 1.165) is 47.3 Å². The number of para-hydroxylation sites is 1. The molecule has 1 aromatic carbocycles. The number of hydrogen-bond donors (Lipinski definition) is 1. The van der Waals surface area contributed by atoms with E-state index in [1.807, 2.05) is 50.5 Å². The normalized spacial score (nSPS) is 16.9. The van der Waals surface area contributed by atoms with Gasteiger partial charge in [0.2, 0.25) is 0 Å². The van der Waals surface area contributed by atoms with Gasteiger partial charge in [0.25, 0.3) is 5.91 Å². The maximum atomic E-state index is 12.9. The number of nitrogens with zero attached hydrogens (tertiary/aromatic N) is 3. The lowest BCUT2D eigenvalue weighted by molar-refractivity contribution is 0.0859. The Labute approximate surface area is 152 Å². The van der Waals surface area contributed by atoms with Gasteiger partial charge in [0.15, 0.2) is 0 Å². The third-order valence-electron chi connectivity index (χ3n) is 4.76. The Morgan fingerprint density at radius 3 is 2.96 bits per heavy atom. The molecule has 1 amide bonds. The van der Waals surface area contributed by atoms with E-state index >= 15 is 0 Å². The van der Waals surface area contributed by atoms with Gasteiger partial charge >= 0.3 is 0 Å². The molecule has 134 valence electrons. The Balaban J connectivity index is 1.72. The minimum atomic E-state index is -0.0955. The molecule has 1 saturated heterocycles. The van der Waals surface area contributed by atoms with Crippen molar-refractivity contribution in [3.05, 3.63) is 47.8 Å². The van der Waals surface area contributed by atoms with Crippen molar-refractivity contribution >= 4 is 16.8 Å². The highest BCUT2D eigenvalue weighted by Gasteiger charge is 2.19. The predicted molar refractivity (Wildman–Crippen MR) is 100.0 cm³/mol. The van der Waals surface area contributed by atoms with Crippen molar-refractivity contribution < 1.29 is 9.53 Å². The number of hydrogen-bond acceptors (Lipinski definition) is 4. The number of pyridine rings is 1. The minimum absolute atomic E-state index is 0.0955. The van der Waals surface area contributed by atoms with Gasteiger partial charge in [-0.25, -0.2) is 4.98 Å². The molecule has 1 fully saturated rings. The van der Waals surface area contributed by atoms with Crippen LogP contribution in [0.3, 0.4) is 0 Å². The van der Waals surface area contributed by atoms with Gasteiger partial charge in [-0.3, -0.25) is 9.48 Å². The van der Waals surface area contributed by atoms with E-state index in [4.69, 9.17) is 9.72 Å². The van der Waals surface area contributed by atoms with Crippen molar-refractivity contribution in [1.82, 2.24) is 20.1 Å². The van der Waals surface area contributed by atoms with Crippen LogP contribution in [0.2, 0.25) is 0 Å². The molecule has 0 aliphatic carbocycles. The van der Waals surface area contributed by atoms with Crippen LogP contribution in [0.15, 0.2) is 36.5 Å². The van der Waals surface area contributed by atoms with Crippen LogP contribution in [0.1, 0.15) is 28.9 Å². The number of carbonyl (C=O) groups is 1. The second kappa shape index (κ2) is 6.88. The zero-order chi connectivity index (χ0) is 18.1. The quantitative estimate of drug-likeness (QED) is 0.785. The van der Waals surface area contributed by atoms with Crippen LogP contribution >= 0.6 is 0 Å². The first-order chi connectivity index (χ1) is 12.6. The van der Waals surface area contributed by atoms with E-state index in [9.17, 15) is 4.79 Å². The zero-order valence-electron chi connectivity index (χ0n) is 15.0. The van der Waals surface area contributed by atoms with E-state index in [-0.39, 0.29) is 12.0 Å². The molecule has 6 heteroatoms. The molecule has 0 bridgehead atoms. The van der Waals surface area contributed by atoms with E-state index < -0.39 is 0 Å². The monoisotopic (exact) mass is 350 g/mol.